The standard InChI is InChI=1S/C16H26Cl2O2Si/c1-10(2)21(11(3)4,12(5)6)20-13-7-15(17)14(9-19)16(18)8-13/h7-8,10-12,19H,9H2,1-6H3. The minimum absolute atomic E-state index is 0.168. The molecule has 1 aromatic carbocycles. The highest BCUT2D eigenvalue weighted by atomic mass is 35.5. The minimum Gasteiger partial charge on any atom is -0.543 e. The van der Waals surface area contributed by atoms with Crippen molar-refractivity contribution in [3.8, 4) is 5.75 Å². The summed E-state index contributed by atoms with van der Waals surface area (Å²) < 4.78 is 6.54. The van der Waals surface area contributed by atoms with Crippen molar-refractivity contribution in [1.82, 2.24) is 0 Å². The zero-order valence-corrected chi connectivity index (χ0v) is 16.2. The lowest BCUT2D eigenvalue weighted by molar-refractivity contribution is 0.282. The lowest BCUT2D eigenvalue weighted by atomic mass is 10.2. The monoisotopic (exact) mass is 348 g/mol. The van der Waals surface area contributed by atoms with Gasteiger partial charge in [-0.2, -0.15) is 0 Å². The first-order valence-corrected chi connectivity index (χ1v) is 10.3. The molecule has 21 heavy (non-hydrogen) atoms. The summed E-state index contributed by atoms with van der Waals surface area (Å²) in [5, 5.41) is 10.2. The molecule has 5 heteroatoms. The van der Waals surface area contributed by atoms with Crippen LogP contribution in [0.3, 0.4) is 0 Å². The molecule has 0 atom stereocenters. The molecule has 1 rings (SSSR count). The zero-order chi connectivity index (χ0) is 16.4. The average Bonchev–Trinajstić information content (AvgIpc) is 2.34. The van der Waals surface area contributed by atoms with Gasteiger partial charge in [0.25, 0.3) is 8.32 Å². The van der Waals surface area contributed by atoms with Crippen LogP contribution < -0.4 is 4.43 Å². The van der Waals surface area contributed by atoms with Crippen molar-refractivity contribution >= 4 is 31.5 Å². The lowest BCUT2D eigenvalue weighted by Crippen LogP contribution is -2.50. The first kappa shape index (κ1) is 18.8. The second kappa shape index (κ2) is 7.36. The van der Waals surface area contributed by atoms with Gasteiger partial charge in [-0.05, 0) is 28.8 Å². The maximum atomic E-state index is 9.29. The molecular formula is C16H26Cl2O2Si. The Balaban J connectivity index is 3.28. The smallest absolute Gasteiger partial charge is 0.258 e. The summed E-state index contributed by atoms with van der Waals surface area (Å²) in [6.45, 7) is 13.2. The van der Waals surface area contributed by atoms with Crippen molar-refractivity contribution in [3.05, 3.63) is 27.7 Å². The van der Waals surface area contributed by atoms with E-state index in [2.05, 4.69) is 41.5 Å². The Kier molecular flexibility index (Phi) is 6.60. The van der Waals surface area contributed by atoms with E-state index in [1.165, 1.54) is 0 Å². The molecule has 0 spiro atoms. The third kappa shape index (κ3) is 3.76. The Morgan fingerprint density at radius 2 is 1.33 bits per heavy atom. The Labute approximate surface area is 139 Å². The van der Waals surface area contributed by atoms with Crippen molar-refractivity contribution in [3.63, 3.8) is 0 Å². The fourth-order valence-corrected chi connectivity index (χ4v) is 9.17. The Bertz CT molecular complexity index is 442. The van der Waals surface area contributed by atoms with E-state index < -0.39 is 8.32 Å². The highest BCUT2D eigenvalue weighted by Crippen LogP contribution is 2.43. The van der Waals surface area contributed by atoms with Gasteiger partial charge in [0.15, 0.2) is 0 Å². The van der Waals surface area contributed by atoms with Gasteiger partial charge < -0.3 is 9.53 Å². The summed E-state index contributed by atoms with van der Waals surface area (Å²) in [7, 11) is -2.02. The molecule has 120 valence electrons. The molecular weight excluding hydrogens is 323 g/mol. The van der Waals surface area contributed by atoms with E-state index in [1.807, 2.05) is 0 Å². The van der Waals surface area contributed by atoms with E-state index in [-0.39, 0.29) is 6.61 Å². The molecule has 2 nitrogen and oxygen atoms in total. The van der Waals surface area contributed by atoms with Gasteiger partial charge >= 0.3 is 0 Å². The van der Waals surface area contributed by atoms with Gasteiger partial charge in [0.1, 0.15) is 5.75 Å². The number of hydrogen-bond donors (Lipinski definition) is 1. The molecule has 0 aromatic heterocycles. The summed E-state index contributed by atoms with van der Waals surface area (Å²) >= 11 is 12.4. The van der Waals surface area contributed by atoms with Crippen molar-refractivity contribution in [2.24, 2.45) is 0 Å². The molecule has 0 radical (unpaired) electrons. The van der Waals surface area contributed by atoms with Crippen LogP contribution in [0.25, 0.3) is 0 Å². The maximum Gasteiger partial charge on any atom is 0.258 e. The molecule has 0 aliphatic rings. The fourth-order valence-electron chi connectivity index (χ4n) is 3.35. The van der Waals surface area contributed by atoms with Crippen LogP contribution in [0.4, 0.5) is 0 Å². The van der Waals surface area contributed by atoms with Crippen LogP contribution >= 0.6 is 23.2 Å². The van der Waals surface area contributed by atoms with E-state index in [9.17, 15) is 5.11 Å². The molecule has 0 aliphatic carbocycles. The molecule has 0 fully saturated rings. The SMILES string of the molecule is CC(C)[Si](Oc1cc(Cl)c(CO)c(Cl)c1)(C(C)C)C(C)C. The van der Waals surface area contributed by atoms with Crippen molar-refractivity contribution in [1.29, 1.82) is 0 Å². The Morgan fingerprint density at radius 3 is 1.62 bits per heavy atom. The first-order valence-electron chi connectivity index (χ1n) is 7.44. The summed E-state index contributed by atoms with van der Waals surface area (Å²) in [5.41, 5.74) is 1.99. The molecule has 0 amide bonds. The van der Waals surface area contributed by atoms with E-state index in [0.29, 0.717) is 38.0 Å². The highest BCUT2D eigenvalue weighted by molar-refractivity contribution is 6.78. The van der Waals surface area contributed by atoms with Crippen molar-refractivity contribution in [2.75, 3.05) is 0 Å². The third-order valence-corrected chi connectivity index (χ3v) is 11.0. The number of aliphatic hydroxyl groups excluding tert-OH is 1. The predicted octanol–water partition coefficient (Wildman–Crippen LogP) is 6.04. The van der Waals surface area contributed by atoms with Gasteiger partial charge in [0.2, 0.25) is 0 Å². The number of rotatable bonds is 6. The zero-order valence-electron chi connectivity index (χ0n) is 13.7. The van der Waals surface area contributed by atoms with Crippen LogP contribution in [0.5, 0.6) is 5.75 Å². The summed E-state index contributed by atoms with van der Waals surface area (Å²) in [5.74, 6) is 0.713. The van der Waals surface area contributed by atoms with Gasteiger partial charge in [0, 0.05) is 5.56 Å². The van der Waals surface area contributed by atoms with Gasteiger partial charge in [-0.1, -0.05) is 64.7 Å². The van der Waals surface area contributed by atoms with E-state index in [1.54, 1.807) is 12.1 Å². The van der Waals surface area contributed by atoms with Crippen molar-refractivity contribution in [2.45, 2.75) is 64.8 Å². The quantitative estimate of drug-likeness (QED) is 0.635. The molecule has 1 N–H and O–H groups in total. The summed E-state index contributed by atoms with van der Waals surface area (Å²) in [6, 6.07) is 3.54. The van der Waals surface area contributed by atoms with Gasteiger partial charge in [-0.15, -0.1) is 0 Å². The predicted molar refractivity (Wildman–Crippen MR) is 94.1 cm³/mol. The average molecular weight is 349 g/mol. The molecule has 0 saturated carbocycles. The van der Waals surface area contributed by atoms with Gasteiger partial charge in [-0.25, -0.2) is 0 Å². The topological polar surface area (TPSA) is 29.5 Å². The lowest BCUT2D eigenvalue weighted by Gasteiger charge is -2.42. The van der Waals surface area contributed by atoms with E-state index in [0.717, 1.165) is 0 Å². The largest absolute Gasteiger partial charge is 0.543 e. The second-order valence-electron chi connectivity index (χ2n) is 6.44. The third-order valence-electron chi connectivity index (χ3n) is 4.27. The highest BCUT2D eigenvalue weighted by Gasteiger charge is 2.47. The van der Waals surface area contributed by atoms with E-state index in [4.69, 9.17) is 27.6 Å². The fraction of sp³-hybridized carbons (Fsp3) is 0.625. The molecule has 0 heterocycles. The number of benzene rings is 1. The normalized spacial score (nSPS) is 12.6. The Morgan fingerprint density at radius 1 is 0.952 bits per heavy atom. The number of hydrogen-bond acceptors (Lipinski definition) is 2. The first-order chi connectivity index (χ1) is 9.66. The van der Waals surface area contributed by atoms with Gasteiger partial charge in [-0.3, -0.25) is 0 Å². The van der Waals surface area contributed by atoms with E-state index >= 15 is 0 Å². The van der Waals surface area contributed by atoms with Crippen LogP contribution in [-0.2, 0) is 6.61 Å². The van der Waals surface area contributed by atoms with Crippen LogP contribution in [-0.4, -0.2) is 13.4 Å². The summed E-state index contributed by atoms with van der Waals surface area (Å²) in [4.78, 5) is 0. The van der Waals surface area contributed by atoms with Crippen LogP contribution in [0.2, 0.25) is 26.7 Å². The number of halogens is 2. The maximum absolute atomic E-state index is 9.29. The van der Waals surface area contributed by atoms with Crippen LogP contribution in [0, 0.1) is 0 Å². The van der Waals surface area contributed by atoms with Crippen LogP contribution in [0.1, 0.15) is 47.1 Å². The molecule has 0 aliphatic heterocycles. The molecule has 0 bridgehead atoms. The minimum atomic E-state index is -2.02. The second-order valence-corrected chi connectivity index (χ2v) is 12.6. The summed E-state index contributed by atoms with van der Waals surface area (Å²) in [6.07, 6.45) is 0. The van der Waals surface area contributed by atoms with Crippen molar-refractivity contribution < 1.29 is 9.53 Å². The molecule has 1 aromatic rings. The molecule has 0 unspecified atom stereocenters. The van der Waals surface area contributed by atoms with Gasteiger partial charge in [0.05, 0.1) is 16.7 Å². The van der Waals surface area contributed by atoms with Crippen LogP contribution in [0.15, 0.2) is 12.1 Å². The Hall–Kier alpha value is -0.223. The molecule has 0 saturated heterocycles. The number of aliphatic hydroxyl groups is 1.